The fourth-order valence-electron chi connectivity index (χ4n) is 5.07. The van der Waals surface area contributed by atoms with Gasteiger partial charge in [0.25, 0.3) is 0 Å². The van der Waals surface area contributed by atoms with E-state index in [9.17, 15) is 35.7 Å². The molecule has 2 fully saturated rings. The Bertz CT molecular complexity index is 1080. The van der Waals surface area contributed by atoms with E-state index in [0.29, 0.717) is 11.1 Å². The lowest BCUT2D eigenvalue weighted by atomic mass is 9.82. The van der Waals surface area contributed by atoms with Crippen LogP contribution in [0.5, 0.6) is 23.0 Å². The normalized spacial score (nSPS) is 32.2. The van der Waals surface area contributed by atoms with Crippen LogP contribution in [0.25, 0.3) is 0 Å². The number of phenols is 2. The number of methoxy groups -OCH3 is 2. The molecule has 0 bridgehead atoms. The van der Waals surface area contributed by atoms with Crippen molar-refractivity contribution in [3.63, 3.8) is 0 Å². The minimum Gasteiger partial charge on any atom is -0.504 e. The van der Waals surface area contributed by atoms with Crippen molar-refractivity contribution in [1.82, 2.24) is 0 Å². The van der Waals surface area contributed by atoms with Crippen LogP contribution in [0.1, 0.15) is 23.3 Å². The Kier molecular flexibility index (Phi) is 8.96. The van der Waals surface area contributed by atoms with Crippen LogP contribution in [-0.4, -0.2) is 100 Å². The van der Waals surface area contributed by atoms with Gasteiger partial charge >= 0.3 is 0 Å². The maximum absolute atomic E-state index is 10.6. The third-order valence-corrected chi connectivity index (χ3v) is 7.20. The third kappa shape index (κ3) is 5.40. The molecule has 38 heavy (non-hydrogen) atoms. The number of ether oxygens (including phenoxy) is 5. The van der Waals surface area contributed by atoms with Crippen molar-refractivity contribution in [3.05, 3.63) is 47.5 Å². The van der Waals surface area contributed by atoms with E-state index in [4.69, 9.17) is 23.7 Å². The Morgan fingerprint density at radius 1 is 0.868 bits per heavy atom. The van der Waals surface area contributed by atoms with Crippen LogP contribution in [0.2, 0.25) is 0 Å². The van der Waals surface area contributed by atoms with Crippen molar-refractivity contribution in [2.75, 3.05) is 34.0 Å². The molecule has 2 aromatic rings. The average Bonchev–Trinajstić information content (AvgIpc) is 3.36. The predicted octanol–water partition coefficient (Wildman–Crippen LogP) is -0.0312. The van der Waals surface area contributed by atoms with Gasteiger partial charge in [-0.1, -0.05) is 12.1 Å². The Balaban J connectivity index is 1.70. The summed E-state index contributed by atoms with van der Waals surface area (Å²) in [5.41, 5.74) is 1.14. The summed E-state index contributed by atoms with van der Waals surface area (Å²) in [7, 11) is 2.80. The highest BCUT2D eigenvalue weighted by Gasteiger charge is 2.48. The van der Waals surface area contributed by atoms with Gasteiger partial charge in [-0.05, 0) is 35.4 Å². The molecule has 2 aliphatic heterocycles. The van der Waals surface area contributed by atoms with E-state index in [2.05, 4.69) is 0 Å². The van der Waals surface area contributed by atoms with Gasteiger partial charge in [-0.15, -0.1) is 0 Å². The molecule has 2 saturated heterocycles. The largest absolute Gasteiger partial charge is 0.504 e. The van der Waals surface area contributed by atoms with Gasteiger partial charge in [0.1, 0.15) is 24.4 Å². The molecule has 7 N–H and O–H groups in total. The van der Waals surface area contributed by atoms with Gasteiger partial charge in [-0.2, -0.15) is 0 Å². The van der Waals surface area contributed by atoms with Crippen molar-refractivity contribution >= 4 is 0 Å². The third-order valence-electron chi connectivity index (χ3n) is 7.20. The lowest BCUT2D eigenvalue weighted by molar-refractivity contribution is -0.317. The van der Waals surface area contributed by atoms with Crippen LogP contribution in [0, 0.1) is 11.8 Å². The van der Waals surface area contributed by atoms with Crippen molar-refractivity contribution in [1.29, 1.82) is 0 Å². The maximum atomic E-state index is 10.6. The highest BCUT2D eigenvalue weighted by molar-refractivity contribution is 5.44. The number of phenolic OH excluding ortho intramolecular Hbond substituents is 2. The quantitative estimate of drug-likeness (QED) is 0.226. The van der Waals surface area contributed by atoms with Crippen LogP contribution < -0.4 is 9.47 Å². The van der Waals surface area contributed by atoms with Crippen LogP contribution in [0.4, 0.5) is 0 Å². The lowest BCUT2D eigenvalue weighted by Crippen LogP contribution is -2.59. The van der Waals surface area contributed by atoms with E-state index in [0.717, 1.165) is 0 Å². The van der Waals surface area contributed by atoms with Gasteiger partial charge in [0.2, 0.25) is 0 Å². The lowest BCUT2D eigenvalue weighted by Gasteiger charge is -2.42. The van der Waals surface area contributed by atoms with Crippen LogP contribution in [0.15, 0.2) is 36.4 Å². The molecule has 0 aliphatic carbocycles. The number of hydrogen-bond donors (Lipinski definition) is 7. The predicted molar refractivity (Wildman–Crippen MR) is 130 cm³/mol. The second kappa shape index (κ2) is 12.0. The maximum Gasteiger partial charge on any atom is 0.187 e. The van der Waals surface area contributed by atoms with Gasteiger partial charge in [-0.3, -0.25) is 0 Å². The Morgan fingerprint density at radius 2 is 1.53 bits per heavy atom. The summed E-state index contributed by atoms with van der Waals surface area (Å²) < 4.78 is 28.3. The van der Waals surface area contributed by atoms with E-state index < -0.39 is 61.4 Å². The molecule has 0 aromatic heterocycles. The first-order valence-electron chi connectivity index (χ1n) is 12.2. The van der Waals surface area contributed by atoms with Crippen molar-refractivity contribution < 1.29 is 59.4 Å². The van der Waals surface area contributed by atoms with E-state index in [-0.39, 0.29) is 36.2 Å². The summed E-state index contributed by atoms with van der Waals surface area (Å²) in [5.74, 6) is -0.845. The topological polar surface area (TPSA) is 188 Å². The number of benzene rings is 2. The standard InChI is InChI=1S/C26H34O12/c1-34-18-7-12(3-5-16(18)29)24-14(9-27)15(11-36-24)25(13-4-6-17(30)19(8-13)35-2)38-26-23(33)22(32)21(31)20(10-28)37-26/h3-8,14-15,20-33H,9-11H2,1-2H3/t14-,15+,20+,21+,22+,23+,24+,25+,26-/m0/s1. The molecule has 210 valence electrons. The summed E-state index contributed by atoms with van der Waals surface area (Å²) in [6, 6.07) is 9.26. The molecule has 0 spiro atoms. The van der Waals surface area contributed by atoms with Gasteiger partial charge < -0.3 is 59.4 Å². The zero-order chi connectivity index (χ0) is 27.6. The minimum absolute atomic E-state index is 0.0497. The Hall–Kier alpha value is -2.68. The molecule has 0 radical (unpaired) electrons. The summed E-state index contributed by atoms with van der Waals surface area (Å²) >= 11 is 0. The highest BCUT2D eigenvalue weighted by atomic mass is 16.7. The average molecular weight is 539 g/mol. The van der Waals surface area contributed by atoms with Crippen LogP contribution >= 0.6 is 0 Å². The monoisotopic (exact) mass is 538 g/mol. The summed E-state index contributed by atoms with van der Waals surface area (Å²) in [6.45, 7) is -0.842. The van der Waals surface area contributed by atoms with Crippen LogP contribution in [0.3, 0.4) is 0 Å². The van der Waals surface area contributed by atoms with E-state index in [1.165, 1.54) is 32.4 Å². The first-order chi connectivity index (χ1) is 18.2. The molecule has 0 saturated carbocycles. The summed E-state index contributed by atoms with van der Waals surface area (Å²) in [6.07, 6.45) is -9.03. The zero-order valence-corrected chi connectivity index (χ0v) is 21.0. The fourth-order valence-corrected chi connectivity index (χ4v) is 5.07. The number of aromatic hydroxyl groups is 2. The van der Waals surface area contributed by atoms with Crippen molar-refractivity contribution in [2.24, 2.45) is 11.8 Å². The molecule has 2 aliphatic rings. The van der Waals surface area contributed by atoms with Crippen LogP contribution in [-0.2, 0) is 14.2 Å². The highest BCUT2D eigenvalue weighted by Crippen LogP contribution is 2.48. The van der Waals surface area contributed by atoms with Gasteiger partial charge in [0.15, 0.2) is 29.3 Å². The van der Waals surface area contributed by atoms with E-state index in [1.807, 2.05) is 0 Å². The SMILES string of the molecule is COc1cc([C@@H](O[C@@H]2O[C@H](CO)[C@@H](O)[C@@H](O)[C@H]2O)[C@@H]2CO[C@H](c3ccc(O)c(OC)c3)[C@H]2CO)ccc1O. The Labute approximate surface area is 219 Å². The molecule has 2 heterocycles. The molecule has 12 nitrogen and oxygen atoms in total. The molecule has 9 atom stereocenters. The fraction of sp³-hybridized carbons (Fsp3) is 0.538. The first-order valence-corrected chi connectivity index (χ1v) is 12.2. The summed E-state index contributed by atoms with van der Waals surface area (Å²) in [5, 5.41) is 71.2. The van der Waals surface area contributed by atoms with Gasteiger partial charge in [-0.25, -0.2) is 0 Å². The van der Waals surface area contributed by atoms with Gasteiger partial charge in [0.05, 0.1) is 39.6 Å². The number of hydrogen-bond acceptors (Lipinski definition) is 12. The second-order valence-corrected chi connectivity index (χ2v) is 9.38. The number of aliphatic hydroxyl groups excluding tert-OH is 5. The molecular formula is C26H34O12. The molecule has 2 aromatic carbocycles. The van der Waals surface area contributed by atoms with Gasteiger partial charge in [0, 0.05) is 18.4 Å². The van der Waals surface area contributed by atoms with E-state index in [1.54, 1.807) is 18.2 Å². The minimum atomic E-state index is -1.65. The second-order valence-electron chi connectivity index (χ2n) is 9.38. The molecule has 12 heteroatoms. The van der Waals surface area contributed by atoms with E-state index >= 15 is 0 Å². The molecule has 4 rings (SSSR count). The zero-order valence-electron chi connectivity index (χ0n) is 21.0. The Morgan fingerprint density at radius 3 is 2.16 bits per heavy atom. The molecule has 0 amide bonds. The number of aliphatic hydroxyl groups is 5. The first kappa shape index (κ1) is 28.3. The smallest absolute Gasteiger partial charge is 0.187 e. The number of rotatable bonds is 9. The molecular weight excluding hydrogens is 504 g/mol. The van der Waals surface area contributed by atoms with Crippen molar-refractivity contribution in [3.8, 4) is 23.0 Å². The summed E-state index contributed by atoms with van der Waals surface area (Å²) in [4.78, 5) is 0. The van der Waals surface area contributed by atoms with Crippen molar-refractivity contribution in [2.45, 2.75) is 42.9 Å². The molecule has 0 unspecified atom stereocenters.